The lowest BCUT2D eigenvalue weighted by Crippen LogP contribution is -2.55. The third kappa shape index (κ3) is 3.86. The van der Waals surface area contributed by atoms with E-state index in [1.807, 2.05) is 0 Å². The van der Waals surface area contributed by atoms with Crippen LogP contribution in [0.2, 0.25) is 0 Å². The Labute approximate surface area is 199 Å². The number of fused-ring (bicyclic) bond motifs is 2. The van der Waals surface area contributed by atoms with E-state index < -0.39 is 0 Å². The first-order valence-electron chi connectivity index (χ1n) is 11.7. The second kappa shape index (κ2) is 9.14. The van der Waals surface area contributed by atoms with Gasteiger partial charge in [-0.3, -0.25) is 4.79 Å². The van der Waals surface area contributed by atoms with Gasteiger partial charge in [0.05, 0.1) is 30.8 Å². The van der Waals surface area contributed by atoms with Crippen LogP contribution in [0.25, 0.3) is 10.8 Å². The maximum absolute atomic E-state index is 12.3. The Balaban J connectivity index is 1.42. The van der Waals surface area contributed by atoms with Crippen LogP contribution in [0, 0.1) is 18.3 Å². The average molecular weight is 453 g/mol. The summed E-state index contributed by atoms with van der Waals surface area (Å²) in [6, 6.07) is 15.0. The minimum Gasteiger partial charge on any atom is -0.365 e. The van der Waals surface area contributed by atoms with Crippen molar-refractivity contribution in [2.45, 2.75) is 32.4 Å². The minimum absolute atomic E-state index is 0.120. The molecule has 7 nitrogen and oxygen atoms in total. The fourth-order valence-corrected chi connectivity index (χ4v) is 5.32. The number of rotatable bonds is 4. The van der Waals surface area contributed by atoms with Gasteiger partial charge in [-0.1, -0.05) is 36.9 Å². The molecule has 172 valence electrons. The van der Waals surface area contributed by atoms with E-state index in [0.29, 0.717) is 19.6 Å². The molecule has 34 heavy (non-hydrogen) atoms. The van der Waals surface area contributed by atoms with Crippen LogP contribution in [0.4, 0.5) is 11.5 Å². The summed E-state index contributed by atoms with van der Waals surface area (Å²) in [5, 5.41) is 11.9. The Morgan fingerprint density at radius 1 is 1.18 bits per heavy atom. The highest BCUT2D eigenvalue weighted by atomic mass is 16.2. The molecule has 0 aliphatic carbocycles. The smallest absolute Gasteiger partial charge is 0.246 e. The zero-order valence-corrected chi connectivity index (χ0v) is 19.4. The first-order valence-corrected chi connectivity index (χ1v) is 11.7. The zero-order chi connectivity index (χ0) is 23.7. The maximum Gasteiger partial charge on any atom is 0.246 e. The second-order valence-corrected chi connectivity index (χ2v) is 8.94. The van der Waals surface area contributed by atoms with Crippen molar-refractivity contribution in [2.24, 2.45) is 0 Å². The van der Waals surface area contributed by atoms with Crippen LogP contribution in [-0.2, 0) is 17.8 Å². The molecule has 2 aliphatic rings. The molecule has 7 heteroatoms. The number of amides is 1. The number of piperazine rings is 1. The summed E-state index contributed by atoms with van der Waals surface area (Å²) in [4.78, 5) is 28.0. The van der Waals surface area contributed by atoms with Gasteiger partial charge >= 0.3 is 0 Å². The Kier molecular flexibility index (Phi) is 5.89. The molecule has 0 unspecified atom stereocenters. The maximum atomic E-state index is 12.3. The number of hydrogen-bond acceptors (Lipinski definition) is 6. The van der Waals surface area contributed by atoms with Gasteiger partial charge in [0.25, 0.3) is 0 Å². The number of carbonyl (C=O) groups is 1. The van der Waals surface area contributed by atoms with E-state index in [0.717, 1.165) is 31.0 Å². The molecule has 2 aliphatic heterocycles. The van der Waals surface area contributed by atoms with Crippen LogP contribution < -0.4 is 9.80 Å². The Morgan fingerprint density at radius 2 is 2.00 bits per heavy atom. The highest BCUT2D eigenvalue weighted by Gasteiger charge is 2.32. The van der Waals surface area contributed by atoms with E-state index in [9.17, 15) is 10.1 Å². The van der Waals surface area contributed by atoms with E-state index >= 15 is 0 Å². The van der Waals surface area contributed by atoms with Crippen molar-refractivity contribution in [3.05, 3.63) is 72.2 Å². The van der Waals surface area contributed by atoms with Gasteiger partial charge in [-0.05, 0) is 36.4 Å². The van der Waals surface area contributed by atoms with Gasteiger partial charge < -0.3 is 14.7 Å². The largest absolute Gasteiger partial charge is 0.365 e. The third-order valence-electron chi connectivity index (χ3n) is 6.98. The molecule has 0 N–H and O–H groups in total. The highest BCUT2D eigenvalue weighted by Crippen LogP contribution is 2.34. The van der Waals surface area contributed by atoms with E-state index in [2.05, 4.69) is 75.7 Å². The van der Waals surface area contributed by atoms with E-state index in [1.54, 1.807) is 11.2 Å². The molecule has 1 aromatic heterocycles. The molecular weight excluding hydrogens is 424 g/mol. The van der Waals surface area contributed by atoms with Crippen LogP contribution in [-0.4, -0.2) is 53.0 Å². The van der Waals surface area contributed by atoms with Gasteiger partial charge in [0.2, 0.25) is 5.91 Å². The van der Waals surface area contributed by atoms with Crippen molar-refractivity contribution in [3.8, 4) is 6.07 Å². The van der Waals surface area contributed by atoms with Crippen molar-refractivity contribution < 1.29 is 4.79 Å². The molecule has 3 aromatic rings. The SMILES string of the molecule is C=CC(=O)N1CCN(c2ncnc3c2CCN(c2cccc4cccc(C)c24)C3)C[C@@H]1CC#N. The molecule has 5 rings (SSSR count). The number of carbonyl (C=O) groups excluding carboxylic acids is 1. The number of nitrogens with zero attached hydrogens (tertiary/aromatic N) is 6. The summed E-state index contributed by atoms with van der Waals surface area (Å²) in [6.07, 6.45) is 4.11. The molecule has 1 saturated heterocycles. The van der Waals surface area contributed by atoms with E-state index in [4.69, 9.17) is 0 Å². The van der Waals surface area contributed by atoms with Crippen LogP contribution >= 0.6 is 0 Å². The molecule has 1 amide bonds. The van der Waals surface area contributed by atoms with Gasteiger partial charge in [0.15, 0.2) is 0 Å². The quantitative estimate of drug-likeness (QED) is 0.563. The zero-order valence-electron chi connectivity index (χ0n) is 19.4. The molecule has 1 fully saturated rings. The Hall–Kier alpha value is -3.92. The van der Waals surface area contributed by atoms with Gasteiger partial charge in [0.1, 0.15) is 12.1 Å². The lowest BCUT2D eigenvalue weighted by Gasteiger charge is -2.42. The predicted octanol–water partition coefficient (Wildman–Crippen LogP) is 3.62. The second-order valence-electron chi connectivity index (χ2n) is 8.94. The minimum atomic E-state index is -0.173. The molecule has 0 spiro atoms. The molecule has 1 atom stereocenters. The van der Waals surface area contributed by atoms with Gasteiger partial charge in [-0.25, -0.2) is 9.97 Å². The number of hydrogen-bond donors (Lipinski definition) is 0. The topological polar surface area (TPSA) is 76.4 Å². The molecule has 0 radical (unpaired) electrons. The lowest BCUT2D eigenvalue weighted by atomic mass is 9.99. The highest BCUT2D eigenvalue weighted by molar-refractivity contribution is 5.97. The van der Waals surface area contributed by atoms with Gasteiger partial charge in [-0.2, -0.15) is 5.26 Å². The van der Waals surface area contributed by atoms with Gasteiger partial charge in [-0.15, -0.1) is 0 Å². The monoisotopic (exact) mass is 452 g/mol. The molecule has 3 heterocycles. The number of nitriles is 1. The molecule has 2 aromatic carbocycles. The van der Waals surface area contributed by atoms with Crippen molar-refractivity contribution in [1.82, 2.24) is 14.9 Å². The lowest BCUT2D eigenvalue weighted by molar-refractivity contribution is -0.128. The third-order valence-corrected chi connectivity index (χ3v) is 6.98. The summed E-state index contributed by atoms with van der Waals surface area (Å²) in [5.74, 6) is 0.818. The predicted molar refractivity (Wildman–Crippen MR) is 134 cm³/mol. The number of benzene rings is 2. The average Bonchev–Trinajstić information content (AvgIpc) is 2.87. The van der Waals surface area contributed by atoms with Crippen molar-refractivity contribution in [2.75, 3.05) is 36.0 Å². The molecule has 0 bridgehead atoms. The first kappa shape index (κ1) is 21.9. The standard InChI is InChI=1S/C27H28N6O/c1-3-25(34)33-15-14-32(16-21(33)10-12-28)27-22-11-13-31(17-23(22)29-18-30-27)24-9-5-8-20-7-4-6-19(2)26(20)24/h3-9,18,21H,1,10-11,13-17H2,2H3/t21-/m0/s1. The number of aryl methyl sites for hydroxylation is 1. The molecular formula is C27H28N6O. The van der Waals surface area contributed by atoms with Crippen molar-refractivity contribution in [3.63, 3.8) is 0 Å². The van der Waals surface area contributed by atoms with Crippen LogP contribution in [0.5, 0.6) is 0 Å². The number of anilines is 2. The van der Waals surface area contributed by atoms with Gasteiger partial charge in [0, 0.05) is 42.8 Å². The van der Waals surface area contributed by atoms with Crippen molar-refractivity contribution in [1.29, 1.82) is 5.26 Å². The first-order chi connectivity index (χ1) is 16.6. The van der Waals surface area contributed by atoms with Crippen LogP contribution in [0.1, 0.15) is 23.2 Å². The Bertz CT molecular complexity index is 1290. The summed E-state index contributed by atoms with van der Waals surface area (Å²) < 4.78 is 0. The summed E-state index contributed by atoms with van der Waals surface area (Å²) in [7, 11) is 0. The summed E-state index contributed by atoms with van der Waals surface area (Å²) in [6.45, 7) is 9.21. The van der Waals surface area contributed by atoms with Crippen LogP contribution in [0.3, 0.4) is 0 Å². The molecule has 0 saturated carbocycles. The van der Waals surface area contributed by atoms with Crippen molar-refractivity contribution >= 4 is 28.2 Å². The fraction of sp³-hybridized carbons (Fsp3) is 0.333. The normalized spacial score (nSPS) is 17.9. The van der Waals surface area contributed by atoms with E-state index in [-0.39, 0.29) is 18.4 Å². The fourth-order valence-electron chi connectivity index (χ4n) is 5.32. The van der Waals surface area contributed by atoms with E-state index in [1.165, 1.54) is 33.7 Å². The summed E-state index contributed by atoms with van der Waals surface area (Å²) >= 11 is 0. The Morgan fingerprint density at radius 3 is 2.79 bits per heavy atom. The number of aromatic nitrogens is 2. The summed E-state index contributed by atoms with van der Waals surface area (Å²) in [5.41, 5.74) is 4.74. The van der Waals surface area contributed by atoms with Crippen LogP contribution in [0.15, 0.2) is 55.4 Å².